The van der Waals surface area contributed by atoms with E-state index in [9.17, 15) is 0 Å². The minimum atomic E-state index is 0.532. The molecule has 27 heavy (non-hydrogen) atoms. The standard InChI is InChI=1S/C20H24N6O/c1-21-20(23-13-19-25-24-18-8-4-5-11-26(18)19)22-12-16-6-2-3-7-17(16)27-14-15-9-10-15/h2-8,11,15H,9-10,12-14H2,1H3,(H2,21,22,23). The number of guanidine groups is 1. The van der Waals surface area contributed by atoms with E-state index in [-0.39, 0.29) is 0 Å². The average molecular weight is 364 g/mol. The van der Waals surface area contributed by atoms with Gasteiger partial charge in [0.1, 0.15) is 5.75 Å². The molecule has 2 aromatic heterocycles. The van der Waals surface area contributed by atoms with E-state index in [4.69, 9.17) is 4.74 Å². The van der Waals surface area contributed by atoms with Gasteiger partial charge < -0.3 is 15.4 Å². The van der Waals surface area contributed by atoms with Crippen LogP contribution in [0.1, 0.15) is 24.2 Å². The Morgan fingerprint density at radius 3 is 2.78 bits per heavy atom. The lowest BCUT2D eigenvalue weighted by Gasteiger charge is -2.14. The second kappa shape index (κ2) is 8.07. The molecule has 1 aromatic carbocycles. The zero-order chi connectivity index (χ0) is 18.5. The number of rotatable bonds is 7. The van der Waals surface area contributed by atoms with Gasteiger partial charge in [-0.3, -0.25) is 9.39 Å². The van der Waals surface area contributed by atoms with E-state index < -0.39 is 0 Å². The second-order valence-corrected chi connectivity index (χ2v) is 6.69. The molecular formula is C20H24N6O. The molecule has 2 heterocycles. The van der Waals surface area contributed by atoms with Gasteiger partial charge in [-0.1, -0.05) is 24.3 Å². The number of aliphatic imine (C=N–C) groups is 1. The molecule has 1 fully saturated rings. The molecule has 3 aromatic rings. The molecule has 140 valence electrons. The van der Waals surface area contributed by atoms with Crippen molar-refractivity contribution in [3.63, 3.8) is 0 Å². The van der Waals surface area contributed by atoms with Crippen molar-refractivity contribution >= 4 is 11.6 Å². The van der Waals surface area contributed by atoms with Crippen LogP contribution in [0.2, 0.25) is 0 Å². The third kappa shape index (κ3) is 4.36. The third-order valence-electron chi connectivity index (χ3n) is 4.61. The number of hydrogen-bond donors (Lipinski definition) is 2. The average Bonchev–Trinajstić information content (AvgIpc) is 3.46. The first-order valence-corrected chi connectivity index (χ1v) is 9.27. The molecular weight excluding hydrogens is 340 g/mol. The Labute approximate surface area is 158 Å². The highest BCUT2D eigenvalue weighted by atomic mass is 16.5. The predicted molar refractivity (Wildman–Crippen MR) is 105 cm³/mol. The summed E-state index contributed by atoms with van der Waals surface area (Å²) >= 11 is 0. The first-order valence-electron chi connectivity index (χ1n) is 9.27. The van der Waals surface area contributed by atoms with E-state index in [1.54, 1.807) is 7.05 Å². The van der Waals surface area contributed by atoms with Crippen LogP contribution in [0, 0.1) is 5.92 Å². The lowest BCUT2D eigenvalue weighted by Crippen LogP contribution is -2.36. The van der Waals surface area contributed by atoms with Crippen LogP contribution in [0.25, 0.3) is 5.65 Å². The zero-order valence-corrected chi connectivity index (χ0v) is 15.4. The number of hydrogen-bond acceptors (Lipinski definition) is 4. The number of para-hydroxylation sites is 1. The van der Waals surface area contributed by atoms with Gasteiger partial charge in [0.2, 0.25) is 0 Å². The minimum absolute atomic E-state index is 0.532. The highest BCUT2D eigenvalue weighted by molar-refractivity contribution is 5.79. The number of fused-ring (bicyclic) bond motifs is 1. The molecule has 0 bridgehead atoms. The van der Waals surface area contributed by atoms with Gasteiger partial charge >= 0.3 is 0 Å². The zero-order valence-electron chi connectivity index (χ0n) is 15.4. The van der Waals surface area contributed by atoms with Crippen LogP contribution in [0.4, 0.5) is 0 Å². The summed E-state index contributed by atoms with van der Waals surface area (Å²) in [6, 6.07) is 14.0. The molecule has 4 rings (SSSR count). The van der Waals surface area contributed by atoms with Gasteiger partial charge in [-0.25, -0.2) is 0 Å². The van der Waals surface area contributed by atoms with Gasteiger partial charge in [-0.05, 0) is 37.0 Å². The molecule has 1 aliphatic rings. The van der Waals surface area contributed by atoms with Crippen LogP contribution < -0.4 is 15.4 Å². The van der Waals surface area contributed by atoms with Gasteiger partial charge in [0.05, 0.1) is 13.2 Å². The molecule has 0 aliphatic heterocycles. The summed E-state index contributed by atoms with van der Waals surface area (Å²) in [5.41, 5.74) is 1.95. The minimum Gasteiger partial charge on any atom is -0.493 e. The summed E-state index contributed by atoms with van der Waals surface area (Å²) in [4.78, 5) is 4.29. The summed E-state index contributed by atoms with van der Waals surface area (Å²) in [6.45, 7) is 1.98. The van der Waals surface area contributed by atoms with Crippen LogP contribution in [-0.2, 0) is 13.1 Å². The maximum absolute atomic E-state index is 5.97. The molecule has 7 nitrogen and oxygen atoms in total. The van der Waals surface area contributed by atoms with Gasteiger partial charge in [-0.2, -0.15) is 0 Å². The Hall–Kier alpha value is -3.09. The second-order valence-electron chi connectivity index (χ2n) is 6.69. The Bertz CT molecular complexity index is 931. The Balaban J connectivity index is 1.34. The van der Waals surface area contributed by atoms with Crippen molar-refractivity contribution in [3.8, 4) is 5.75 Å². The predicted octanol–water partition coefficient (Wildman–Crippen LogP) is 2.38. The summed E-state index contributed by atoms with van der Waals surface area (Å²) in [5, 5.41) is 15.0. The number of benzene rings is 1. The molecule has 2 N–H and O–H groups in total. The van der Waals surface area contributed by atoms with E-state index in [0.717, 1.165) is 35.3 Å². The molecule has 0 spiro atoms. The fourth-order valence-electron chi connectivity index (χ4n) is 2.86. The van der Waals surface area contributed by atoms with Crippen molar-refractivity contribution < 1.29 is 4.74 Å². The highest BCUT2D eigenvalue weighted by Gasteiger charge is 2.22. The van der Waals surface area contributed by atoms with E-state index in [2.05, 4.69) is 31.9 Å². The third-order valence-corrected chi connectivity index (χ3v) is 4.61. The molecule has 0 amide bonds. The fraction of sp³-hybridized carbons (Fsp3) is 0.350. The van der Waals surface area contributed by atoms with Crippen molar-refractivity contribution in [3.05, 3.63) is 60.0 Å². The van der Waals surface area contributed by atoms with Crippen LogP contribution in [0.15, 0.2) is 53.7 Å². The van der Waals surface area contributed by atoms with Gasteiger partial charge in [-0.15, -0.1) is 10.2 Å². The van der Waals surface area contributed by atoms with Gasteiger partial charge in [0, 0.05) is 25.4 Å². The monoisotopic (exact) mass is 364 g/mol. The van der Waals surface area contributed by atoms with Crippen molar-refractivity contribution in [1.82, 2.24) is 25.2 Å². The summed E-state index contributed by atoms with van der Waals surface area (Å²) in [6.07, 6.45) is 4.53. The van der Waals surface area contributed by atoms with Gasteiger partial charge in [0.25, 0.3) is 0 Å². The molecule has 7 heteroatoms. The maximum atomic E-state index is 5.97. The van der Waals surface area contributed by atoms with E-state index >= 15 is 0 Å². The van der Waals surface area contributed by atoms with Crippen LogP contribution in [0.3, 0.4) is 0 Å². The van der Waals surface area contributed by atoms with Crippen LogP contribution >= 0.6 is 0 Å². The maximum Gasteiger partial charge on any atom is 0.191 e. The highest BCUT2D eigenvalue weighted by Crippen LogP contribution is 2.30. The number of nitrogens with zero attached hydrogens (tertiary/aromatic N) is 4. The topological polar surface area (TPSA) is 75.8 Å². The van der Waals surface area contributed by atoms with Gasteiger partial charge in [0.15, 0.2) is 17.4 Å². The smallest absolute Gasteiger partial charge is 0.191 e. The Kier molecular flexibility index (Phi) is 5.18. The Morgan fingerprint density at radius 2 is 1.93 bits per heavy atom. The lowest BCUT2D eigenvalue weighted by molar-refractivity contribution is 0.296. The van der Waals surface area contributed by atoms with Crippen LogP contribution in [-0.4, -0.2) is 34.2 Å². The first-order chi connectivity index (χ1) is 13.3. The van der Waals surface area contributed by atoms with Crippen LogP contribution in [0.5, 0.6) is 5.75 Å². The molecule has 1 aliphatic carbocycles. The quantitative estimate of drug-likeness (QED) is 0.497. The molecule has 0 atom stereocenters. The van der Waals surface area contributed by atoms with Crippen molar-refractivity contribution in [2.75, 3.05) is 13.7 Å². The summed E-state index contributed by atoms with van der Waals surface area (Å²) in [5.74, 6) is 3.22. The first kappa shape index (κ1) is 17.3. The van der Waals surface area contributed by atoms with Crippen molar-refractivity contribution in [1.29, 1.82) is 0 Å². The largest absolute Gasteiger partial charge is 0.493 e. The summed E-state index contributed by atoms with van der Waals surface area (Å²) in [7, 11) is 1.76. The van der Waals surface area contributed by atoms with E-state index in [1.165, 1.54) is 12.8 Å². The molecule has 0 radical (unpaired) electrons. The van der Waals surface area contributed by atoms with E-state index in [0.29, 0.717) is 19.0 Å². The number of ether oxygens (including phenoxy) is 1. The van der Waals surface area contributed by atoms with Crippen molar-refractivity contribution in [2.45, 2.75) is 25.9 Å². The molecule has 0 saturated heterocycles. The molecule has 1 saturated carbocycles. The molecule has 0 unspecified atom stereocenters. The summed E-state index contributed by atoms with van der Waals surface area (Å²) < 4.78 is 7.93. The lowest BCUT2D eigenvalue weighted by atomic mass is 10.2. The van der Waals surface area contributed by atoms with Crippen molar-refractivity contribution in [2.24, 2.45) is 10.9 Å². The van der Waals surface area contributed by atoms with E-state index in [1.807, 2.05) is 47.0 Å². The SMILES string of the molecule is CN=C(NCc1ccccc1OCC1CC1)NCc1nnc2ccccn12. The normalized spacial score (nSPS) is 14.3. The Morgan fingerprint density at radius 1 is 1.11 bits per heavy atom. The number of nitrogens with one attached hydrogen (secondary N) is 2. The fourth-order valence-corrected chi connectivity index (χ4v) is 2.86. The number of aromatic nitrogens is 3. The number of pyridine rings is 1.